The molecule has 7 atom stereocenters. The standard InChI is InChI=1S/C45H49N5O16S/c51-24-7-10-28-32(16-24)65-33-17-25(52)8-11-29(33)39(28)27-9-6-23(15-30(27)43(62)63)50-45(67)49-21-37(56)48-20-36(55)47-19-35(54)46-18-34-40(59)41(60)42(61)44(66-34)64-13-3-1-2-4-26-22(14-38(57)58)5-12-31(26)53/h1-2,6-11,15-17,22,26,34,40-42,44,51,59-61H,3-5,12-14,18-21H2,(H,46,54)(H,47,55)(H,48,56)(H,57,58)(H,62,63)(H2,49,50,67)/b2-1-/t22-,26-,34-,40+,41+,42-,44-/m1/s1. The maximum absolute atomic E-state index is 12.5. The van der Waals surface area contributed by atoms with E-state index >= 15 is 0 Å². The van der Waals surface area contributed by atoms with Crippen molar-refractivity contribution in [2.45, 2.75) is 62.8 Å². The molecule has 3 amide bonds. The number of aromatic hydroxyl groups is 1. The number of Topliss-reactive ketones (excluding diaryl/α,β-unsaturated/α-hetero) is 1. The summed E-state index contributed by atoms with van der Waals surface area (Å²) in [4.78, 5) is 85.3. The highest BCUT2D eigenvalue weighted by Crippen LogP contribution is 2.42. The third kappa shape index (κ3) is 13.0. The molecule has 2 aliphatic heterocycles. The van der Waals surface area contributed by atoms with Gasteiger partial charge in [0.15, 0.2) is 16.8 Å². The topological polar surface area (TPSA) is 333 Å². The summed E-state index contributed by atoms with van der Waals surface area (Å²) in [6.45, 7) is -1.75. The van der Waals surface area contributed by atoms with E-state index in [9.17, 15) is 59.1 Å². The second-order valence-corrected chi connectivity index (χ2v) is 16.3. The Morgan fingerprint density at radius 1 is 0.806 bits per heavy atom. The van der Waals surface area contributed by atoms with Crippen LogP contribution in [0.15, 0.2) is 76.0 Å². The molecule has 4 aliphatic rings. The largest absolute Gasteiger partial charge is 0.508 e. The summed E-state index contributed by atoms with van der Waals surface area (Å²) in [5.41, 5.74) is 1.20. The summed E-state index contributed by atoms with van der Waals surface area (Å²) < 4.78 is 17.0. The highest BCUT2D eigenvalue weighted by Gasteiger charge is 2.44. The van der Waals surface area contributed by atoms with Crippen molar-refractivity contribution in [3.8, 4) is 28.2 Å². The number of amides is 3. The van der Waals surface area contributed by atoms with Crippen LogP contribution >= 0.6 is 12.2 Å². The minimum atomic E-state index is -1.68. The first-order valence-electron chi connectivity index (χ1n) is 21.1. The normalized spacial score (nSPS) is 21.5. The van der Waals surface area contributed by atoms with E-state index in [0.29, 0.717) is 42.2 Å². The Morgan fingerprint density at radius 2 is 1.51 bits per heavy atom. The number of ketones is 1. The van der Waals surface area contributed by atoms with Crippen molar-refractivity contribution >= 4 is 69.4 Å². The number of allylic oxidation sites excluding steroid dienone is 1. The summed E-state index contributed by atoms with van der Waals surface area (Å²) in [5.74, 6) is -4.77. The van der Waals surface area contributed by atoms with E-state index in [0.717, 1.165) is 0 Å². The minimum Gasteiger partial charge on any atom is -0.508 e. The number of hydrogen-bond donors (Lipinski definition) is 11. The molecule has 11 N–H and O–H groups in total. The fraction of sp³-hybridized carbons (Fsp3) is 0.378. The Kier molecular flexibility index (Phi) is 16.7. The molecular weight excluding hydrogens is 899 g/mol. The molecule has 6 rings (SSSR count). The predicted molar refractivity (Wildman–Crippen MR) is 241 cm³/mol. The number of carbonyl (C=O) groups excluding carboxylic acids is 4. The molecule has 0 spiro atoms. The van der Waals surface area contributed by atoms with Crippen LogP contribution in [0.25, 0.3) is 33.4 Å². The van der Waals surface area contributed by atoms with Gasteiger partial charge in [0.2, 0.25) is 17.7 Å². The number of phenolic OH excluding ortho intramolecular Hbond substituents is 1. The maximum atomic E-state index is 12.5. The molecule has 2 aromatic rings. The monoisotopic (exact) mass is 947 g/mol. The van der Waals surface area contributed by atoms with E-state index in [2.05, 4.69) is 26.6 Å². The van der Waals surface area contributed by atoms with Gasteiger partial charge in [0, 0.05) is 59.6 Å². The summed E-state index contributed by atoms with van der Waals surface area (Å²) in [5, 5.41) is 73.6. The number of aliphatic hydroxyl groups excluding tert-OH is 3. The van der Waals surface area contributed by atoms with Gasteiger partial charge in [0.1, 0.15) is 47.3 Å². The minimum absolute atomic E-state index is 0.0227. The number of carboxylic acid groups (broad SMARTS) is 2. The molecule has 22 heteroatoms. The number of aromatic carboxylic acids is 1. The van der Waals surface area contributed by atoms with Crippen molar-refractivity contribution in [3.63, 3.8) is 0 Å². The van der Waals surface area contributed by atoms with E-state index in [1.165, 1.54) is 42.5 Å². The zero-order valence-corrected chi connectivity index (χ0v) is 36.5. The highest BCUT2D eigenvalue weighted by atomic mass is 32.1. The second-order valence-electron chi connectivity index (χ2n) is 15.9. The van der Waals surface area contributed by atoms with E-state index in [1.807, 2.05) is 0 Å². The average molecular weight is 948 g/mol. The predicted octanol–water partition coefficient (Wildman–Crippen LogP) is 0.834. The van der Waals surface area contributed by atoms with Crippen LogP contribution in [0.1, 0.15) is 42.5 Å². The zero-order valence-electron chi connectivity index (χ0n) is 35.6. The Balaban J connectivity index is 0.904. The number of hydrogen-bond acceptors (Lipinski definition) is 15. The molecule has 1 saturated heterocycles. The number of aliphatic hydroxyl groups is 3. The fourth-order valence-electron chi connectivity index (χ4n) is 7.87. The van der Waals surface area contributed by atoms with E-state index in [-0.39, 0.29) is 81.6 Å². The van der Waals surface area contributed by atoms with Crippen LogP contribution in [-0.4, -0.2) is 135 Å². The number of carboxylic acids is 2. The van der Waals surface area contributed by atoms with Gasteiger partial charge in [-0.05, 0) is 79.4 Å². The first-order valence-corrected chi connectivity index (χ1v) is 21.5. The maximum Gasteiger partial charge on any atom is 0.336 e. The molecule has 21 nitrogen and oxygen atoms in total. The van der Waals surface area contributed by atoms with Gasteiger partial charge in [-0.1, -0.05) is 18.2 Å². The average Bonchev–Trinajstić information content (AvgIpc) is 3.63. The summed E-state index contributed by atoms with van der Waals surface area (Å²) in [6.07, 6.45) is -2.41. The summed E-state index contributed by atoms with van der Waals surface area (Å²) >= 11 is 5.29. The van der Waals surface area contributed by atoms with Gasteiger partial charge in [0.25, 0.3) is 0 Å². The first kappa shape index (κ1) is 49.6. The van der Waals surface area contributed by atoms with Crippen molar-refractivity contribution in [1.29, 1.82) is 0 Å². The number of ether oxygens (including phenoxy) is 2. The van der Waals surface area contributed by atoms with Crippen LogP contribution in [-0.2, 0) is 33.4 Å². The van der Waals surface area contributed by atoms with Gasteiger partial charge in [-0.25, -0.2) is 4.79 Å². The molecule has 2 fully saturated rings. The SMILES string of the molecule is O=C(O)C[C@H]1CCC(=O)[C@@H]1C/C=C\CCO[C@@H]1O[C@H](CNC(=O)CNC(=O)CNC(=O)CNC(=S)Nc2ccc(-c3c4ccc(=O)cc-4oc4cc(O)ccc34)c(C(=O)O)c2)[C@H](O)[C@H](O)[C@H]1O. The molecule has 1 saturated carbocycles. The summed E-state index contributed by atoms with van der Waals surface area (Å²) in [6, 6.07) is 12.9. The number of thiocarbonyl (C=S) groups is 1. The van der Waals surface area contributed by atoms with Gasteiger partial charge in [-0.15, -0.1) is 0 Å². The number of anilines is 1. The lowest BCUT2D eigenvalue weighted by Crippen LogP contribution is -2.60. The Morgan fingerprint density at radius 3 is 2.22 bits per heavy atom. The van der Waals surface area contributed by atoms with Gasteiger partial charge < -0.3 is 71.1 Å². The Bertz CT molecular complexity index is 2580. The first-order chi connectivity index (χ1) is 32.0. The molecular formula is C45H49N5O16S. The van der Waals surface area contributed by atoms with Crippen molar-refractivity contribution in [3.05, 3.63) is 82.5 Å². The molecule has 356 valence electrons. The third-order valence-electron chi connectivity index (χ3n) is 11.2. The molecule has 2 heterocycles. The van der Waals surface area contributed by atoms with Crippen LogP contribution < -0.4 is 32.0 Å². The molecule has 2 aliphatic carbocycles. The zero-order chi connectivity index (χ0) is 48.4. The Labute approximate surface area is 386 Å². The molecule has 2 aromatic carbocycles. The molecule has 0 unspecified atom stereocenters. The number of rotatable bonds is 19. The number of fused-ring (bicyclic) bond motifs is 2. The number of benzene rings is 3. The number of carbonyl (C=O) groups is 6. The van der Waals surface area contributed by atoms with Gasteiger partial charge in [0.05, 0.1) is 31.8 Å². The van der Waals surface area contributed by atoms with Crippen LogP contribution in [0.2, 0.25) is 0 Å². The quantitative estimate of drug-likeness (QED) is 0.0268. The molecule has 67 heavy (non-hydrogen) atoms. The van der Waals surface area contributed by atoms with E-state index in [1.54, 1.807) is 24.3 Å². The van der Waals surface area contributed by atoms with Crippen molar-refractivity contribution in [2.75, 3.05) is 38.1 Å². The third-order valence-corrected chi connectivity index (χ3v) is 11.5. The highest BCUT2D eigenvalue weighted by molar-refractivity contribution is 7.80. The van der Waals surface area contributed by atoms with Crippen LogP contribution in [0.4, 0.5) is 5.69 Å². The number of aliphatic carboxylic acids is 1. The van der Waals surface area contributed by atoms with Gasteiger partial charge in [-0.3, -0.25) is 28.8 Å². The van der Waals surface area contributed by atoms with Crippen LogP contribution in [0.5, 0.6) is 5.75 Å². The van der Waals surface area contributed by atoms with Crippen molar-refractivity contribution < 1.29 is 73.3 Å². The molecule has 0 aromatic heterocycles. The number of phenols is 1. The van der Waals surface area contributed by atoms with Gasteiger partial charge >= 0.3 is 11.9 Å². The number of nitrogens with one attached hydrogen (secondary N) is 5. The van der Waals surface area contributed by atoms with E-state index < -0.39 is 80.0 Å². The summed E-state index contributed by atoms with van der Waals surface area (Å²) in [7, 11) is 0. The Hall–Kier alpha value is -6.82. The lowest BCUT2D eigenvalue weighted by Gasteiger charge is -2.40. The second kappa shape index (κ2) is 22.6. The lowest BCUT2D eigenvalue weighted by molar-refractivity contribution is -0.294. The smallest absolute Gasteiger partial charge is 0.336 e. The lowest BCUT2D eigenvalue weighted by atomic mass is 9.89. The van der Waals surface area contributed by atoms with E-state index in [4.69, 9.17) is 31.2 Å². The molecule has 0 bridgehead atoms. The molecule has 0 radical (unpaired) electrons. The fourth-order valence-corrected chi connectivity index (χ4v) is 8.06. The van der Waals surface area contributed by atoms with Crippen molar-refractivity contribution in [1.82, 2.24) is 21.3 Å². The van der Waals surface area contributed by atoms with Crippen LogP contribution in [0, 0.1) is 11.8 Å². The van der Waals surface area contributed by atoms with Crippen LogP contribution in [0.3, 0.4) is 0 Å². The van der Waals surface area contributed by atoms with Crippen molar-refractivity contribution in [2.24, 2.45) is 11.8 Å². The van der Waals surface area contributed by atoms with Gasteiger partial charge in [-0.2, -0.15) is 0 Å².